The van der Waals surface area contributed by atoms with Gasteiger partial charge in [-0.2, -0.15) is 5.26 Å². The number of nitrogens with two attached hydrogens (primary N) is 1. The van der Waals surface area contributed by atoms with Crippen LogP contribution in [0.1, 0.15) is 28.9 Å². The average molecular weight is 465 g/mol. The second-order valence-electron chi connectivity index (χ2n) is 8.03. The number of hydrogen-bond acceptors (Lipinski definition) is 7. The van der Waals surface area contributed by atoms with Gasteiger partial charge in [-0.1, -0.05) is 49.0 Å². The van der Waals surface area contributed by atoms with Crippen molar-refractivity contribution in [1.82, 2.24) is 9.88 Å². The number of morpholine rings is 1. The van der Waals surface area contributed by atoms with Crippen molar-refractivity contribution in [2.45, 2.75) is 29.7 Å². The molecule has 0 aliphatic carbocycles. The van der Waals surface area contributed by atoms with Gasteiger partial charge in [0.15, 0.2) is 0 Å². The Hall–Kier alpha value is -3.11. The highest BCUT2D eigenvalue weighted by Gasteiger charge is 2.29. The quantitative estimate of drug-likeness (QED) is 0.473. The fourth-order valence-corrected chi connectivity index (χ4v) is 4.99. The van der Waals surface area contributed by atoms with Crippen LogP contribution in [0.25, 0.3) is 4.85 Å². The molecule has 1 aliphatic heterocycles. The first kappa shape index (κ1) is 24.5. The van der Waals surface area contributed by atoms with Crippen LogP contribution in [0.2, 0.25) is 0 Å². The molecule has 1 aliphatic rings. The van der Waals surface area contributed by atoms with E-state index in [1.807, 2.05) is 51.4 Å². The largest absolute Gasteiger partial charge is 0.373 e. The highest BCUT2D eigenvalue weighted by molar-refractivity contribution is 8.00. The number of ether oxygens (including phenoxy) is 1. The van der Waals surface area contributed by atoms with Gasteiger partial charge in [-0.25, -0.2) is 9.83 Å². The van der Waals surface area contributed by atoms with Crippen LogP contribution < -0.4 is 10.6 Å². The van der Waals surface area contributed by atoms with Crippen LogP contribution in [0, 0.1) is 17.9 Å². The third kappa shape index (κ3) is 5.63. The molecule has 1 fully saturated rings. The monoisotopic (exact) mass is 464 g/mol. The number of pyridine rings is 1. The summed E-state index contributed by atoms with van der Waals surface area (Å²) in [6, 6.07) is 11.4. The average Bonchev–Trinajstić information content (AvgIpc) is 2.81. The lowest BCUT2D eigenvalue weighted by molar-refractivity contribution is -0.117. The van der Waals surface area contributed by atoms with Crippen LogP contribution >= 0.6 is 11.8 Å². The minimum absolute atomic E-state index is 0.0198. The number of primary amides is 1. The molecule has 1 aromatic carbocycles. The van der Waals surface area contributed by atoms with E-state index in [2.05, 4.69) is 20.7 Å². The number of nitrogens with zero attached hydrogens (tertiary/aromatic N) is 5. The molecule has 2 aromatic rings. The van der Waals surface area contributed by atoms with Crippen LogP contribution in [0.5, 0.6) is 0 Å². The number of likely N-dealkylation sites (N-methyl/N-ethyl adjacent to an activating group) is 1. The highest BCUT2D eigenvalue weighted by Crippen LogP contribution is 2.42. The summed E-state index contributed by atoms with van der Waals surface area (Å²) >= 11 is 1.16. The molecule has 8 nitrogen and oxygen atoms in total. The molecule has 2 N–H and O–H groups in total. The van der Waals surface area contributed by atoms with Gasteiger partial charge in [-0.15, -0.1) is 0 Å². The van der Waals surface area contributed by atoms with Crippen molar-refractivity contribution >= 4 is 29.2 Å². The predicted molar refractivity (Wildman–Crippen MR) is 129 cm³/mol. The Labute approximate surface area is 199 Å². The maximum absolute atomic E-state index is 12.3. The second-order valence-corrected chi connectivity index (χ2v) is 9.13. The highest BCUT2D eigenvalue weighted by atomic mass is 32.2. The summed E-state index contributed by atoms with van der Waals surface area (Å²) < 4.78 is 5.89. The number of amides is 1. The normalized spacial score (nSPS) is 16.8. The third-order valence-electron chi connectivity index (χ3n) is 5.40. The predicted octanol–water partition coefficient (Wildman–Crippen LogP) is 3.15. The molecular formula is C24H28N6O2S. The van der Waals surface area contributed by atoms with Crippen molar-refractivity contribution < 1.29 is 9.53 Å². The van der Waals surface area contributed by atoms with Gasteiger partial charge >= 0.3 is 0 Å². The molecule has 2 atom stereocenters. The van der Waals surface area contributed by atoms with Gasteiger partial charge in [0.2, 0.25) is 11.6 Å². The first-order valence-corrected chi connectivity index (χ1v) is 11.6. The number of anilines is 1. The van der Waals surface area contributed by atoms with Crippen molar-refractivity contribution in [3.8, 4) is 6.07 Å². The lowest BCUT2D eigenvalue weighted by Crippen LogP contribution is -2.47. The molecule has 0 bridgehead atoms. The molecule has 0 radical (unpaired) electrons. The zero-order valence-electron chi connectivity index (χ0n) is 19.1. The number of benzene rings is 1. The maximum Gasteiger partial charge on any atom is 0.235 e. The zero-order chi connectivity index (χ0) is 24.0. The smallest absolute Gasteiger partial charge is 0.235 e. The Kier molecular flexibility index (Phi) is 8.29. The minimum Gasteiger partial charge on any atom is -0.373 e. The lowest BCUT2D eigenvalue weighted by atomic mass is 10.1. The van der Waals surface area contributed by atoms with E-state index in [-0.39, 0.29) is 6.10 Å². The summed E-state index contributed by atoms with van der Waals surface area (Å²) in [7, 11) is 3.98. The fraction of sp³-hybridized carbons (Fsp3) is 0.417. The first-order valence-electron chi connectivity index (χ1n) is 10.8. The van der Waals surface area contributed by atoms with Crippen LogP contribution in [0.3, 0.4) is 0 Å². The Morgan fingerprint density at radius 2 is 2.18 bits per heavy atom. The molecule has 3 rings (SSSR count). The molecule has 0 spiro atoms. The number of carbonyl (C=O) groups excluding carboxylic acids is 1. The number of hydrogen-bond donors (Lipinski definition) is 1. The van der Waals surface area contributed by atoms with E-state index in [0.29, 0.717) is 53.8 Å². The molecule has 1 amide bonds. The standard InChI is InChI=1S/C24H28N6O2S/c1-5-18-19(13-25)24(33-21(22(26)31)16-9-7-6-8-10-16)28-23(20(18)27-2)30-11-12-32-17(15-30)14-29(3)4/h6-10,17,21H,5,11-12,14-15H2,1,3-4H3,(H2,26,31). The molecule has 33 heavy (non-hydrogen) atoms. The Bertz CT molecular complexity index is 1080. The van der Waals surface area contributed by atoms with Crippen molar-refractivity contribution in [2.75, 3.05) is 45.2 Å². The molecule has 2 unspecified atom stereocenters. The number of aromatic nitrogens is 1. The van der Waals surface area contributed by atoms with E-state index in [1.54, 1.807) is 0 Å². The molecule has 1 saturated heterocycles. The van der Waals surface area contributed by atoms with Gasteiger partial charge in [0.25, 0.3) is 0 Å². The molecule has 1 aromatic heterocycles. The number of thioether (sulfide) groups is 1. The van der Waals surface area contributed by atoms with E-state index in [1.165, 1.54) is 0 Å². The second kappa shape index (κ2) is 11.2. The van der Waals surface area contributed by atoms with Crippen LogP contribution in [-0.4, -0.2) is 62.2 Å². The minimum atomic E-state index is -0.701. The van der Waals surface area contributed by atoms with Crippen molar-refractivity contribution in [3.05, 3.63) is 58.4 Å². The summed E-state index contributed by atoms with van der Waals surface area (Å²) in [5.74, 6) is 0.0230. The van der Waals surface area contributed by atoms with Crippen LogP contribution in [0.15, 0.2) is 35.4 Å². The van der Waals surface area contributed by atoms with Crippen molar-refractivity contribution in [3.63, 3.8) is 0 Å². The van der Waals surface area contributed by atoms with Crippen molar-refractivity contribution in [2.24, 2.45) is 5.73 Å². The Morgan fingerprint density at radius 3 is 2.76 bits per heavy atom. The fourth-order valence-electron chi connectivity index (χ4n) is 3.93. The maximum atomic E-state index is 12.3. The molecule has 9 heteroatoms. The van der Waals surface area contributed by atoms with E-state index >= 15 is 0 Å². The van der Waals surface area contributed by atoms with Gasteiger partial charge in [0.1, 0.15) is 22.2 Å². The number of nitriles is 1. The van der Waals surface area contributed by atoms with Crippen LogP contribution in [0.4, 0.5) is 11.5 Å². The molecular weight excluding hydrogens is 436 g/mol. The third-order valence-corrected chi connectivity index (χ3v) is 6.65. The van der Waals surface area contributed by atoms with Crippen LogP contribution in [-0.2, 0) is 16.0 Å². The molecule has 172 valence electrons. The summed E-state index contributed by atoms with van der Waals surface area (Å²) in [5, 5.41) is 9.67. The van der Waals surface area contributed by atoms with E-state index in [0.717, 1.165) is 23.9 Å². The summed E-state index contributed by atoms with van der Waals surface area (Å²) in [5.41, 5.74) is 7.84. The van der Waals surface area contributed by atoms with Gasteiger partial charge in [0.05, 0.1) is 24.8 Å². The summed E-state index contributed by atoms with van der Waals surface area (Å²) in [6.45, 7) is 12.2. The SMILES string of the molecule is [C-]#[N+]c1c(N2CCOC(CN(C)C)C2)nc(SC(C(N)=O)c2ccccc2)c(C#N)c1CC. The van der Waals surface area contributed by atoms with Gasteiger partial charge in [-0.05, 0) is 31.6 Å². The Morgan fingerprint density at radius 1 is 1.45 bits per heavy atom. The summed E-state index contributed by atoms with van der Waals surface area (Å²) in [6.07, 6.45) is 0.482. The van der Waals surface area contributed by atoms with E-state index < -0.39 is 11.2 Å². The molecule has 2 heterocycles. The molecule has 0 saturated carbocycles. The van der Waals surface area contributed by atoms with E-state index in [4.69, 9.17) is 22.0 Å². The zero-order valence-corrected chi connectivity index (χ0v) is 19.9. The topological polar surface area (TPSA) is 99.8 Å². The number of carbonyl (C=O) groups is 1. The lowest BCUT2D eigenvalue weighted by Gasteiger charge is -2.36. The van der Waals surface area contributed by atoms with Gasteiger partial charge in [-0.3, -0.25) is 4.79 Å². The Balaban J connectivity index is 2.08. The first-order chi connectivity index (χ1) is 15.9. The van der Waals surface area contributed by atoms with E-state index in [9.17, 15) is 10.1 Å². The van der Waals surface area contributed by atoms with Gasteiger partial charge in [0, 0.05) is 19.6 Å². The van der Waals surface area contributed by atoms with Crippen molar-refractivity contribution in [1.29, 1.82) is 5.26 Å². The van der Waals surface area contributed by atoms with Gasteiger partial charge < -0.3 is 20.3 Å². The number of rotatable bonds is 8. The summed E-state index contributed by atoms with van der Waals surface area (Å²) in [4.78, 5) is 25.0.